The molecule has 144 valence electrons. The van der Waals surface area contributed by atoms with Crippen LogP contribution in [0, 0.1) is 0 Å². The zero-order valence-corrected chi connectivity index (χ0v) is 11.6. The number of halogens is 11. The van der Waals surface area contributed by atoms with E-state index in [4.69, 9.17) is 0 Å². The summed E-state index contributed by atoms with van der Waals surface area (Å²) in [6.45, 7) is -0.0271. The highest BCUT2D eigenvalue weighted by molar-refractivity contribution is 5.78. The second-order valence-corrected chi connectivity index (χ2v) is 4.89. The molecular formula is C10H9F11O3. The molecule has 2 atom stereocenters. The number of esters is 1. The molecule has 0 saturated carbocycles. The third-order valence-corrected chi connectivity index (χ3v) is 2.91. The molecule has 0 aliphatic carbocycles. The zero-order valence-electron chi connectivity index (χ0n) is 11.6. The van der Waals surface area contributed by atoms with Crippen LogP contribution in [-0.4, -0.2) is 53.7 Å². The first-order chi connectivity index (χ1) is 10.2. The van der Waals surface area contributed by atoms with Crippen LogP contribution in [0.2, 0.25) is 0 Å². The van der Waals surface area contributed by atoms with Crippen LogP contribution in [0.1, 0.15) is 13.3 Å². The smallest absolute Gasteiger partial charge is 0.460 e. The molecular weight excluding hydrogens is 377 g/mol. The van der Waals surface area contributed by atoms with E-state index >= 15 is 0 Å². The van der Waals surface area contributed by atoms with Crippen molar-refractivity contribution in [1.82, 2.24) is 0 Å². The molecule has 0 saturated heterocycles. The maximum atomic E-state index is 13.9. The van der Waals surface area contributed by atoms with Gasteiger partial charge in [0.25, 0.3) is 5.67 Å². The Kier molecular flexibility index (Phi) is 5.55. The van der Waals surface area contributed by atoms with Crippen LogP contribution in [0.5, 0.6) is 0 Å². The van der Waals surface area contributed by atoms with Crippen molar-refractivity contribution in [2.45, 2.75) is 48.8 Å². The van der Waals surface area contributed by atoms with Gasteiger partial charge in [0.15, 0.2) is 5.60 Å². The van der Waals surface area contributed by atoms with Crippen molar-refractivity contribution in [3.05, 3.63) is 0 Å². The molecule has 24 heavy (non-hydrogen) atoms. The topological polar surface area (TPSA) is 46.5 Å². The van der Waals surface area contributed by atoms with Crippen LogP contribution in [-0.2, 0) is 9.53 Å². The predicted molar refractivity (Wildman–Crippen MR) is 53.1 cm³/mol. The third-order valence-electron chi connectivity index (χ3n) is 2.91. The first-order valence-electron chi connectivity index (χ1n) is 5.58. The lowest BCUT2D eigenvalue weighted by atomic mass is 9.81. The van der Waals surface area contributed by atoms with Gasteiger partial charge in [0, 0.05) is 6.42 Å². The summed E-state index contributed by atoms with van der Waals surface area (Å²) in [5.74, 6) is -17.0. The fraction of sp³-hybridized carbons (Fsp3) is 0.900. The molecule has 0 rings (SSSR count). The number of hydrogen-bond donors (Lipinski definition) is 1. The molecule has 0 aliphatic heterocycles. The maximum absolute atomic E-state index is 13.9. The lowest BCUT2D eigenvalue weighted by Crippen LogP contribution is -2.69. The Morgan fingerprint density at radius 2 is 1.21 bits per heavy atom. The molecule has 3 nitrogen and oxygen atoms in total. The van der Waals surface area contributed by atoms with Crippen molar-refractivity contribution in [1.29, 1.82) is 0 Å². The fourth-order valence-corrected chi connectivity index (χ4v) is 1.58. The average molecular weight is 386 g/mol. The van der Waals surface area contributed by atoms with Gasteiger partial charge in [-0.25, -0.2) is 9.18 Å². The highest BCUT2D eigenvalue weighted by Gasteiger charge is 2.87. The molecule has 0 amide bonds. The van der Waals surface area contributed by atoms with Crippen LogP contribution in [0.4, 0.5) is 48.3 Å². The molecule has 1 N–H and O–H groups in total. The number of carbonyl (C=O) groups excluding carboxylic acids is 1. The second-order valence-electron chi connectivity index (χ2n) is 4.89. The van der Waals surface area contributed by atoms with Crippen molar-refractivity contribution >= 4 is 5.97 Å². The predicted octanol–water partition coefficient (Wildman–Crippen LogP) is 3.40. The average Bonchev–Trinajstić information content (AvgIpc) is 2.33. The second kappa shape index (κ2) is 5.88. The number of methoxy groups -OCH3 is 1. The van der Waals surface area contributed by atoms with Gasteiger partial charge in [-0.1, -0.05) is 0 Å². The summed E-state index contributed by atoms with van der Waals surface area (Å²) in [7, 11) is 0.409. The Hall–Kier alpha value is -1.34. The van der Waals surface area contributed by atoms with E-state index in [0.29, 0.717) is 7.11 Å². The van der Waals surface area contributed by atoms with E-state index in [2.05, 4.69) is 4.74 Å². The molecule has 14 heteroatoms. The van der Waals surface area contributed by atoms with Crippen LogP contribution >= 0.6 is 0 Å². The van der Waals surface area contributed by atoms with Crippen LogP contribution in [0.15, 0.2) is 0 Å². The molecule has 0 bridgehead atoms. The molecule has 0 aliphatic rings. The standard InChI is InChI=1S/C10H9F11O3/c1-5(23,4(22)24-2)3-6(11,9(16,17)18)7(12,13)8(14,15)10(19,20)21/h23H,3H2,1-2H3. The molecule has 0 spiro atoms. The van der Waals surface area contributed by atoms with Gasteiger partial charge in [0.05, 0.1) is 7.11 Å². The summed E-state index contributed by atoms with van der Waals surface area (Å²) in [5, 5.41) is 9.24. The van der Waals surface area contributed by atoms with Gasteiger partial charge in [0.2, 0.25) is 0 Å². The normalized spacial score (nSPS) is 19.4. The van der Waals surface area contributed by atoms with Crippen LogP contribution < -0.4 is 0 Å². The molecule has 2 unspecified atom stereocenters. The summed E-state index contributed by atoms with van der Waals surface area (Å²) in [6.07, 6.45) is -17.4. The fourth-order valence-electron chi connectivity index (χ4n) is 1.58. The Morgan fingerprint density at radius 1 is 0.833 bits per heavy atom. The van der Waals surface area contributed by atoms with E-state index in [-0.39, 0.29) is 6.92 Å². The Morgan fingerprint density at radius 3 is 1.46 bits per heavy atom. The Labute approximate surface area is 126 Å². The highest BCUT2D eigenvalue weighted by Crippen LogP contribution is 2.59. The lowest BCUT2D eigenvalue weighted by molar-refractivity contribution is -0.415. The van der Waals surface area contributed by atoms with E-state index in [1.807, 2.05) is 0 Å². The Balaban J connectivity index is 6.37. The van der Waals surface area contributed by atoms with E-state index in [0.717, 1.165) is 0 Å². The van der Waals surface area contributed by atoms with Crippen molar-refractivity contribution in [3.63, 3.8) is 0 Å². The van der Waals surface area contributed by atoms with Gasteiger partial charge in [-0.2, -0.15) is 43.9 Å². The monoisotopic (exact) mass is 386 g/mol. The number of hydrogen-bond acceptors (Lipinski definition) is 3. The van der Waals surface area contributed by atoms with Crippen molar-refractivity contribution in [2.24, 2.45) is 0 Å². The van der Waals surface area contributed by atoms with Crippen molar-refractivity contribution < 1.29 is 62.9 Å². The third kappa shape index (κ3) is 3.37. The molecule has 0 heterocycles. The van der Waals surface area contributed by atoms with Gasteiger partial charge in [-0.15, -0.1) is 0 Å². The number of alkyl halides is 11. The van der Waals surface area contributed by atoms with Crippen LogP contribution in [0.3, 0.4) is 0 Å². The molecule has 0 aromatic heterocycles. The van der Waals surface area contributed by atoms with Gasteiger partial charge in [0.1, 0.15) is 0 Å². The summed E-state index contributed by atoms with van der Waals surface area (Å²) in [6, 6.07) is 0. The first-order valence-corrected chi connectivity index (χ1v) is 5.58. The van der Waals surface area contributed by atoms with Gasteiger partial charge < -0.3 is 9.84 Å². The Bertz CT molecular complexity index is 479. The summed E-state index contributed by atoms with van der Waals surface area (Å²) >= 11 is 0. The summed E-state index contributed by atoms with van der Waals surface area (Å²) in [4.78, 5) is 11.0. The highest BCUT2D eigenvalue weighted by atomic mass is 19.4. The van der Waals surface area contributed by atoms with E-state index < -0.39 is 47.9 Å². The number of ether oxygens (including phenoxy) is 1. The summed E-state index contributed by atoms with van der Waals surface area (Å²) < 4.78 is 143. The molecule has 0 aromatic carbocycles. The summed E-state index contributed by atoms with van der Waals surface area (Å²) in [5.41, 5.74) is -10.4. The minimum Gasteiger partial charge on any atom is -0.467 e. The number of aliphatic hydroxyl groups is 1. The lowest BCUT2D eigenvalue weighted by Gasteiger charge is -2.41. The van der Waals surface area contributed by atoms with E-state index in [1.165, 1.54) is 0 Å². The maximum Gasteiger partial charge on any atom is 0.460 e. The van der Waals surface area contributed by atoms with Crippen molar-refractivity contribution in [2.75, 3.05) is 7.11 Å². The molecule has 0 radical (unpaired) electrons. The molecule has 0 fully saturated rings. The van der Waals surface area contributed by atoms with Gasteiger partial charge in [-0.3, -0.25) is 0 Å². The van der Waals surface area contributed by atoms with E-state index in [1.54, 1.807) is 0 Å². The van der Waals surface area contributed by atoms with Crippen molar-refractivity contribution in [3.8, 4) is 0 Å². The minimum atomic E-state index is -7.46. The minimum absolute atomic E-state index is 0.0271. The first kappa shape index (κ1) is 22.7. The quantitative estimate of drug-likeness (QED) is 0.582. The van der Waals surface area contributed by atoms with Gasteiger partial charge >= 0.3 is 30.2 Å². The van der Waals surface area contributed by atoms with E-state index in [9.17, 15) is 58.2 Å². The number of carbonyl (C=O) groups is 1. The number of rotatable bonds is 5. The molecule has 0 aromatic rings. The van der Waals surface area contributed by atoms with Crippen LogP contribution in [0.25, 0.3) is 0 Å². The zero-order chi connectivity index (χ0) is 20.0. The SMILES string of the molecule is COC(=O)C(C)(O)CC(F)(C(F)(F)F)C(F)(F)C(F)(F)C(F)(F)F. The largest absolute Gasteiger partial charge is 0.467 e. The van der Waals surface area contributed by atoms with Gasteiger partial charge in [-0.05, 0) is 6.92 Å².